The zero-order valence-electron chi connectivity index (χ0n) is 10.8. The molecule has 0 saturated carbocycles. The summed E-state index contributed by atoms with van der Waals surface area (Å²) in [4.78, 5) is 0. The van der Waals surface area contributed by atoms with Gasteiger partial charge in [-0.1, -0.05) is 15.9 Å². The first-order valence-corrected chi connectivity index (χ1v) is 8.22. The molecule has 0 aliphatic rings. The van der Waals surface area contributed by atoms with Gasteiger partial charge in [0.1, 0.15) is 15.6 Å². The summed E-state index contributed by atoms with van der Waals surface area (Å²) in [5.74, 6) is 0.215. The number of methoxy groups -OCH3 is 1. The molecule has 102 valence electrons. The van der Waals surface area contributed by atoms with Gasteiger partial charge in [0.15, 0.2) is 0 Å². The van der Waals surface area contributed by atoms with Crippen LogP contribution < -0.4 is 4.74 Å². The van der Waals surface area contributed by atoms with Crippen LogP contribution in [0.1, 0.15) is 22.8 Å². The lowest BCUT2D eigenvalue weighted by Gasteiger charge is -2.19. The highest BCUT2D eigenvalue weighted by Gasteiger charge is 2.23. The van der Waals surface area contributed by atoms with Gasteiger partial charge in [-0.15, -0.1) is 0 Å². The zero-order chi connectivity index (χ0) is 14.1. The fourth-order valence-electron chi connectivity index (χ4n) is 1.92. The van der Waals surface area contributed by atoms with Gasteiger partial charge >= 0.3 is 0 Å². The molecule has 1 aromatic rings. The Hall–Kier alpha value is -0.590. The van der Waals surface area contributed by atoms with Gasteiger partial charge in [0.05, 0.1) is 19.0 Å². The molecule has 0 aliphatic heterocycles. The van der Waals surface area contributed by atoms with Crippen LogP contribution in [0.3, 0.4) is 0 Å². The topological polar surface area (TPSA) is 63.6 Å². The predicted octanol–water partition coefficient (Wildman–Crippen LogP) is 2.15. The van der Waals surface area contributed by atoms with E-state index in [0.717, 1.165) is 21.9 Å². The van der Waals surface area contributed by atoms with Crippen LogP contribution in [0.25, 0.3) is 0 Å². The smallest absolute Gasteiger partial charge is 0.150 e. The predicted molar refractivity (Wildman–Crippen MR) is 74.8 cm³/mol. The SMILES string of the molecule is COc1c(C)cc(Br)c(C)c1C(O)CS(C)(=O)=O. The van der Waals surface area contributed by atoms with E-state index in [0.29, 0.717) is 11.3 Å². The summed E-state index contributed by atoms with van der Waals surface area (Å²) >= 11 is 3.39. The molecule has 6 heteroatoms. The number of aryl methyl sites for hydroxylation is 1. The van der Waals surface area contributed by atoms with Crippen molar-refractivity contribution in [1.82, 2.24) is 0 Å². The minimum Gasteiger partial charge on any atom is -0.496 e. The lowest BCUT2D eigenvalue weighted by atomic mass is 10.00. The van der Waals surface area contributed by atoms with Crippen molar-refractivity contribution in [2.45, 2.75) is 20.0 Å². The number of ether oxygens (including phenoxy) is 1. The number of halogens is 1. The molecule has 0 fully saturated rings. The molecule has 0 amide bonds. The van der Waals surface area contributed by atoms with E-state index in [-0.39, 0.29) is 5.75 Å². The van der Waals surface area contributed by atoms with E-state index in [9.17, 15) is 13.5 Å². The second-order valence-electron chi connectivity index (χ2n) is 4.36. The number of aliphatic hydroxyl groups is 1. The number of benzene rings is 1. The molecule has 0 spiro atoms. The number of hydrogen-bond acceptors (Lipinski definition) is 4. The quantitative estimate of drug-likeness (QED) is 0.914. The standard InChI is InChI=1S/C12H17BrO4S/c1-7-5-9(13)8(2)11(12(7)17-3)10(14)6-18(4,15)16/h5,10,14H,6H2,1-4H3. The molecule has 0 aliphatic carbocycles. The third kappa shape index (κ3) is 3.46. The molecule has 1 unspecified atom stereocenters. The summed E-state index contributed by atoms with van der Waals surface area (Å²) in [7, 11) is -1.75. The van der Waals surface area contributed by atoms with Crippen LogP contribution >= 0.6 is 15.9 Å². The van der Waals surface area contributed by atoms with Gasteiger partial charge in [-0.25, -0.2) is 8.42 Å². The summed E-state index contributed by atoms with van der Waals surface area (Å²) in [5.41, 5.74) is 2.15. The molecular weight excluding hydrogens is 320 g/mol. The van der Waals surface area contributed by atoms with Crippen LogP contribution in [-0.2, 0) is 9.84 Å². The van der Waals surface area contributed by atoms with E-state index < -0.39 is 15.9 Å². The molecule has 1 atom stereocenters. The van der Waals surface area contributed by atoms with Crippen molar-refractivity contribution >= 4 is 25.8 Å². The highest BCUT2D eigenvalue weighted by molar-refractivity contribution is 9.10. The van der Waals surface area contributed by atoms with Crippen molar-refractivity contribution in [2.75, 3.05) is 19.1 Å². The Morgan fingerprint density at radius 2 is 2.00 bits per heavy atom. The molecule has 18 heavy (non-hydrogen) atoms. The van der Waals surface area contributed by atoms with E-state index in [2.05, 4.69) is 15.9 Å². The monoisotopic (exact) mass is 336 g/mol. The van der Waals surface area contributed by atoms with E-state index in [4.69, 9.17) is 4.74 Å². The average Bonchev–Trinajstić information content (AvgIpc) is 2.20. The summed E-state index contributed by atoms with van der Waals surface area (Å²) < 4.78 is 28.7. The van der Waals surface area contributed by atoms with Crippen molar-refractivity contribution in [2.24, 2.45) is 0 Å². The summed E-state index contributed by atoms with van der Waals surface area (Å²) in [6, 6.07) is 1.88. The first-order valence-electron chi connectivity index (χ1n) is 5.36. The van der Waals surface area contributed by atoms with Gasteiger partial charge in [0, 0.05) is 16.3 Å². The Labute approximate surface area is 116 Å². The summed E-state index contributed by atoms with van der Waals surface area (Å²) in [5, 5.41) is 10.1. The van der Waals surface area contributed by atoms with Crippen LogP contribution in [0.15, 0.2) is 10.5 Å². The third-order valence-corrected chi connectivity index (χ3v) is 4.45. The zero-order valence-corrected chi connectivity index (χ0v) is 13.2. The largest absolute Gasteiger partial charge is 0.496 e. The van der Waals surface area contributed by atoms with E-state index in [1.54, 1.807) is 0 Å². The second kappa shape index (κ2) is 5.59. The fraction of sp³-hybridized carbons (Fsp3) is 0.500. The highest BCUT2D eigenvalue weighted by atomic mass is 79.9. The van der Waals surface area contributed by atoms with Crippen LogP contribution in [0.4, 0.5) is 0 Å². The van der Waals surface area contributed by atoms with Gasteiger partial charge in [-0.05, 0) is 31.0 Å². The first-order chi connectivity index (χ1) is 8.17. The van der Waals surface area contributed by atoms with Crippen molar-refractivity contribution in [3.8, 4) is 5.75 Å². The maximum absolute atomic E-state index is 11.3. The molecule has 4 nitrogen and oxygen atoms in total. The molecule has 1 aromatic carbocycles. The number of rotatable bonds is 4. The van der Waals surface area contributed by atoms with Crippen LogP contribution in [-0.4, -0.2) is 32.6 Å². The molecule has 0 heterocycles. The summed E-state index contributed by atoms with van der Waals surface area (Å²) in [6.07, 6.45) is 0.00854. The van der Waals surface area contributed by atoms with E-state index in [1.807, 2.05) is 19.9 Å². The van der Waals surface area contributed by atoms with Gasteiger partial charge in [-0.2, -0.15) is 0 Å². The molecular formula is C12H17BrO4S. The minimum atomic E-state index is -3.26. The first kappa shape index (κ1) is 15.5. The fourth-order valence-corrected chi connectivity index (χ4v) is 3.21. The number of aliphatic hydroxyl groups excluding tert-OH is 1. The molecule has 0 bridgehead atoms. The third-order valence-electron chi connectivity index (χ3n) is 2.71. The number of hydrogen-bond donors (Lipinski definition) is 1. The minimum absolute atomic E-state index is 0.319. The molecule has 0 saturated heterocycles. The molecule has 1 N–H and O–H groups in total. The maximum atomic E-state index is 11.3. The van der Waals surface area contributed by atoms with Crippen molar-refractivity contribution in [1.29, 1.82) is 0 Å². The Morgan fingerprint density at radius 3 is 2.44 bits per heavy atom. The van der Waals surface area contributed by atoms with Crippen molar-refractivity contribution in [3.63, 3.8) is 0 Å². The van der Waals surface area contributed by atoms with Crippen molar-refractivity contribution in [3.05, 3.63) is 27.2 Å². The Morgan fingerprint density at radius 1 is 1.44 bits per heavy atom. The van der Waals surface area contributed by atoms with Gasteiger partial charge in [0.25, 0.3) is 0 Å². The lowest BCUT2D eigenvalue weighted by molar-refractivity contribution is 0.195. The molecule has 0 aromatic heterocycles. The van der Waals surface area contributed by atoms with E-state index >= 15 is 0 Å². The Kier molecular flexibility index (Phi) is 4.80. The van der Waals surface area contributed by atoms with Gasteiger partial charge in [0.2, 0.25) is 0 Å². The normalized spacial score (nSPS) is 13.4. The summed E-state index contributed by atoms with van der Waals surface area (Å²) in [6.45, 7) is 3.66. The maximum Gasteiger partial charge on any atom is 0.150 e. The second-order valence-corrected chi connectivity index (χ2v) is 7.39. The Balaban J connectivity index is 3.38. The van der Waals surface area contributed by atoms with Crippen molar-refractivity contribution < 1.29 is 18.3 Å². The highest BCUT2D eigenvalue weighted by Crippen LogP contribution is 2.36. The van der Waals surface area contributed by atoms with Gasteiger partial charge < -0.3 is 9.84 Å². The molecule has 1 rings (SSSR count). The van der Waals surface area contributed by atoms with Crippen LogP contribution in [0, 0.1) is 13.8 Å². The average molecular weight is 337 g/mol. The van der Waals surface area contributed by atoms with Gasteiger partial charge in [-0.3, -0.25) is 0 Å². The number of sulfone groups is 1. The van der Waals surface area contributed by atoms with E-state index in [1.165, 1.54) is 7.11 Å². The lowest BCUT2D eigenvalue weighted by Crippen LogP contribution is -2.15. The Bertz CT molecular complexity index is 552. The van der Waals surface area contributed by atoms with Crippen LogP contribution in [0.5, 0.6) is 5.75 Å². The molecule has 0 radical (unpaired) electrons. The van der Waals surface area contributed by atoms with Crippen LogP contribution in [0.2, 0.25) is 0 Å².